The van der Waals surface area contributed by atoms with Gasteiger partial charge in [0.15, 0.2) is 4.90 Å². The fraction of sp³-hybridized carbons (Fsp3) is 0.692. The van der Waals surface area contributed by atoms with Crippen molar-refractivity contribution >= 4 is 22.4 Å². The minimum Gasteiger partial charge on any atom is -0.315 e. The molecule has 10 heteroatoms. The van der Waals surface area contributed by atoms with Gasteiger partial charge in [0.1, 0.15) is 0 Å². The number of rotatable bonds is 5. The summed E-state index contributed by atoms with van der Waals surface area (Å²) in [6.07, 6.45) is 2.48. The Morgan fingerprint density at radius 1 is 1.35 bits per heavy atom. The van der Waals surface area contributed by atoms with Gasteiger partial charge in [0, 0.05) is 39.4 Å². The van der Waals surface area contributed by atoms with Crippen molar-refractivity contribution in [3.63, 3.8) is 0 Å². The van der Waals surface area contributed by atoms with Crippen LogP contribution < -0.4 is 16.6 Å². The number of nitrogens with zero attached hydrogens (tertiary/aromatic N) is 3. The predicted molar refractivity (Wildman–Crippen MR) is 89.6 cm³/mol. The quantitative estimate of drug-likeness (QED) is 0.741. The fourth-order valence-corrected chi connectivity index (χ4v) is 4.58. The zero-order chi connectivity index (χ0) is 16.5. The summed E-state index contributed by atoms with van der Waals surface area (Å²) in [6.45, 7) is 3.57. The van der Waals surface area contributed by atoms with Crippen LogP contribution in [0.5, 0.6) is 0 Å². The minimum absolute atomic E-state index is 0. The van der Waals surface area contributed by atoms with Crippen LogP contribution in [0, 0.1) is 0 Å². The largest absolute Gasteiger partial charge is 0.330 e. The zero-order valence-corrected chi connectivity index (χ0v) is 15.1. The van der Waals surface area contributed by atoms with E-state index in [0.717, 1.165) is 21.9 Å². The van der Waals surface area contributed by atoms with Gasteiger partial charge in [-0.2, -0.15) is 4.31 Å². The standard InChI is InChI=1S/C13H22N4O4S.ClH/c1-4-7-17(10-5-6-14-8-10)22(20,21)11-9-15(2)13(19)16(3)12(11)18;/h9-10,14H,4-8H2,1-3H3;1H. The molecule has 0 aliphatic carbocycles. The van der Waals surface area contributed by atoms with Gasteiger partial charge in [0.2, 0.25) is 10.0 Å². The first-order valence-corrected chi connectivity index (χ1v) is 8.74. The summed E-state index contributed by atoms with van der Waals surface area (Å²) >= 11 is 0. The SMILES string of the molecule is CCCN(C1CCNC1)S(=O)(=O)c1cn(C)c(=O)n(C)c1=O.Cl. The van der Waals surface area contributed by atoms with Gasteiger partial charge < -0.3 is 9.88 Å². The van der Waals surface area contributed by atoms with Crippen LogP contribution in [0.4, 0.5) is 0 Å². The first-order valence-electron chi connectivity index (χ1n) is 7.30. The molecule has 1 aromatic rings. The third-order valence-corrected chi connectivity index (χ3v) is 5.82. The van der Waals surface area contributed by atoms with Crippen LogP contribution in [0.25, 0.3) is 0 Å². The fourth-order valence-electron chi connectivity index (χ4n) is 2.68. The van der Waals surface area contributed by atoms with Crippen LogP contribution in [-0.2, 0) is 24.1 Å². The second kappa shape index (κ2) is 7.61. The first-order chi connectivity index (χ1) is 10.3. The van der Waals surface area contributed by atoms with Crippen molar-refractivity contribution in [1.82, 2.24) is 18.8 Å². The molecule has 1 aliphatic rings. The van der Waals surface area contributed by atoms with Crippen LogP contribution in [0.1, 0.15) is 19.8 Å². The van der Waals surface area contributed by atoms with Crippen LogP contribution in [0.3, 0.4) is 0 Å². The van der Waals surface area contributed by atoms with Gasteiger partial charge >= 0.3 is 5.69 Å². The number of hydrogen-bond donors (Lipinski definition) is 1. The number of sulfonamides is 1. The molecule has 0 radical (unpaired) electrons. The van der Waals surface area contributed by atoms with Crippen molar-refractivity contribution in [3.8, 4) is 0 Å². The molecule has 1 atom stereocenters. The number of aryl methyl sites for hydroxylation is 1. The first kappa shape index (κ1) is 19.9. The number of halogens is 1. The highest BCUT2D eigenvalue weighted by Gasteiger charge is 2.35. The summed E-state index contributed by atoms with van der Waals surface area (Å²) in [4.78, 5) is 23.6. The van der Waals surface area contributed by atoms with Gasteiger partial charge in [-0.05, 0) is 19.4 Å². The number of aromatic nitrogens is 2. The Balaban J connectivity index is 0.00000264. The van der Waals surface area contributed by atoms with Crippen molar-refractivity contribution < 1.29 is 8.42 Å². The lowest BCUT2D eigenvalue weighted by molar-refractivity contribution is 0.334. The van der Waals surface area contributed by atoms with Gasteiger partial charge in [-0.15, -0.1) is 12.4 Å². The van der Waals surface area contributed by atoms with E-state index in [1.165, 1.54) is 18.4 Å². The normalized spacial score (nSPS) is 18.2. The van der Waals surface area contributed by atoms with E-state index in [4.69, 9.17) is 0 Å². The molecule has 0 saturated carbocycles. The maximum atomic E-state index is 12.9. The number of nitrogens with one attached hydrogen (secondary N) is 1. The van der Waals surface area contributed by atoms with E-state index in [1.54, 1.807) is 0 Å². The number of hydrogen-bond acceptors (Lipinski definition) is 5. The molecule has 0 aromatic carbocycles. The summed E-state index contributed by atoms with van der Waals surface area (Å²) in [5.74, 6) is 0. The smallest absolute Gasteiger partial charge is 0.315 e. The van der Waals surface area contributed by atoms with Gasteiger partial charge in [-0.25, -0.2) is 13.2 Å². The van der Waals surface area contributed by atoms with Gasteiger partial charge in [0.25, 0.3) is 5.56 Å². The third-order valence-electron chi connectivity index (χ3n) is 3.89. The lowest BCUT2D eigenvalue weighted by Crippen LogP contribution is -2.46. The molecule has 2 heterocycles. The summed E-state index contributed by atoms with van der Waals surface area (Å²) in [7, 11) is -1.22. The summed E-state index contributed by atoms with van der Waals surface area (Å²) < 4.78 is 29.2. The highest BCUT2D eigenvalue weighted by Crippen LogP contribution is 2.19. The molecule has 1 aliphatic heterocycles. The topological polar surface area (TPSA) is 93.4 Å². The molecule has 0 spiro atoms. The Bertz CT molecular complexity index is 765. The Labute approximate surface area is 141 Å². The Morgan fingerprint density at radius 3 is 2.52 bits per heavy atom. The van der Waals surface area contributed by atoms with E-state index in [0.29, 0.717) is 25.9 Å². The van der Waals surface area contributed by atoms with E-state index in [9.17, 15) is 18.0 Å². The predicted octanol–water partition coefficient (Wildman–Crippen LogP) is -0.732. The second-order valence-corrected chi connectivity index (χ2v) is 7.37. The van der Waals surface area contributed by atoms with Crippen LogP contribution in [0.15, 0.2) is 20.7 Å². The molecule has 0 amide bonds. The molecule has 1 N–H and O–H groups in total. The Morgan fingerprint density at radius 2 is 2.00 bits per heavy atom. The molecule has 0 bridgehead atoms. The van der Waals surface area contributed by atoms with E-state index < -0.39 is 21.3 Å². The van der Waals surface area contributed by atoms with Gasteiger partial charge in [-0.1, -0.05) is 6.92 Å². The van der Waals surface area contributed by atoms with Crippen LogP contribution >= 0.6 is 12.4 Å². The van der Waals surface area contributed by atoms with E-state index in [-0.39, 0.29) is 23.3 Å². The molecule has 1 saturated heterocycles. The van der Waals surface area contributed by atoms with Crippen molar-refractivity contribution in [2.75, 3.05) is 19.6 Å². The highest BCUT2D eigenvalue weighted by molar-refractivity contribution is 7.89. The van der Waals surface area contributed by atoms with Gasteiger partial charge in [-0.3, -0.25) is 9.36 Å². The molecule has 132 valence electrons. The molecule has 1 unspecified atom stereocenters. The van der Waals surface area contributed by atoms with Crippen LogP contribution in [0.2, 0.25) is 0 Å². The monoisotopic (exact) mass is 366 g/mol. The maximum Gasteiger partial charge on any atom is 0.330 e. The van der Waals surface area contributed by atoms with Crippen LogP contribution in [-0.4, -0.2) is 47.5 Å². The molecule has 1 fully saturated rings. The van der Waals surface area contributed by atoms with Crippen molar-refractivity contribution in [3.05, 3.63) is 27.0 Å². The van der Waals surface area contributed by atoms with Crippen molar-refractivity contribution in [2.45, 2.75) is 30.7 Å². The Kier molecular flexibility index (Phi) is 6.58. The summed E-state index contributed by atoms with van der Waals surface area (Å²) in [5.41, 5.74) is -1.33. The Hall–Kier alpha value is -1.16. The lowest BCUT2D eigenvalue weighted by atomic mass is 10.2. The molecule has 23 heavy (non-hydrogen) atoms. The molecule has 1 aromatic heterocycles. The zero-order valence-electron chi connectivity index (χ0n) is 13.5. The molecular weight excluding hydrogens is 344 g/mol. The van der Waals surface area contributed by atoms with E-state index in [2.05, 4.69) is 5.32 Å². The molecular formula is C13H23ClN4O4S. The lowest BCUT2D eigenvalue weighted by Gasteiger charge is -2.27. The van der Waals surface area contributed by atoms with E-state index >= 15 is 0 Å². The maximum absolute atomic E-state index is 12.9. The summed E-state index contributed by atoms with van der Waals surface area (Å²) in [5, 5.41) is 3.14. The average Bonchev–Trinajstić information content (AvgIpc) is 2.99. The van der Waals surface area contributed by atoms with Crippen molar-refractivity contribution in [2.24, 2.45) is 14.1 Å². The third kappa shape index (κ3) is 3.68. The highest BCUT2D eigenvalue weighted by atomic mass is 35.5. The molecule has 2 rings (SSSR count). The average molecular weight is 367 g/mol. The van der Waals surface area contributed by atoms with Gasteiger partial charge in [0.05, 0.1) is 0 Å². The van der Waals surface area contributed by atoms with Crippen molar-refractivity contribution in [1.29, 1.82) is 0 Å². The van der Waals surface area contributed by atoms with E-state index in [1.807, 2.05) is 6.92 Å². The summed E-state index contributed by atoms with van der Waals surface area (Å²) in [6, 6.07) is -0.160. The molecule has 8 nitrogen and oxygen atoms in total. The minimum atomic E-state index is -3.94. The second-order valence-electron chi connectivity index (χ2n) is 5.51.